The van der Waals surface area contributed by atoms with Crippen LogP contribution < -0.4 is 15.9 Å². The van der Waals surface area contributed by atoms with Crippen molar-refractivity contribution in [3.63, 3.8) is 0 Å². The second-order valence-electron chi connectivity index (χ2n) is 3.78. The van der Waals surface area contributed by atoms with Gasteiger partial charge in [-0.2, -0.15) is 0 Å². The van der Waals surface area contributed by atoms with Crippen molar-refractivity contribution in [1.29, 1.82) is 0 Å². The van der Waals surface area contributed by atoms with E-state index in [1.807, 2.05) is 13.8 Å². The van der Waals surface area contributed by atoms with Crippen LogP contribution in [-0.2, 0) is 0 Å². The molecule has 0 unspecified atom stereocenters. The molecule has 0 saturated heterocycles. The molecule has 0 radical (unpaired) electrons. The monoisotopic (exact) mass is 220 g/mol. The zero-order chi connectivity index (χ0) is 11.7. The van der Waals surface area contributed by atoms with Crippen molar-refractivity contribution in [2.75, 3.05) is 0 Å². The van der Waals surface area contributed by atoms with Crippen LogP contribution in [0.5, 0.6) is 5.75 Å². The Bertz CT molecular complexity index is 625. The number of H-pyrrole nitrogens is 2. The van der Waals surface area contributed by atoms with E-state index in [9.17, 15) is 9.59 Å². The van der Waals surface area contributed by atoms with Crippen LogP contribution in [0.25, 0.3) is 11.0 Å². The molecule has 0 bridgehead atoms. The molecule has 0 aliphatic carbocycles. The van der Waals surface area contributed by atoms with Crippen LogP contribution in [0.2, 0.25) is 0 Å². The lowest BCUT2D eigenvalue weighted by Crippen LogP contribution is -2.28. The van der Waals surface area contributed by atoms with Crippen molar-refractivity contribution in [2.24, 2.45) is 0 Å². The van der Waals surface area contributed by atoms with E-state index in [1.54, 1.807) is 18.2 Å². The van der Waals surface area contributed by atoms with E-state index in [1.165, 1.54) is 0 Å². The SMILES string of the molecule is CC(C)Oc1ccc2[nH]c(=O)c(=O)[nH]c2c1. The van der Waals surface area contributed by atoms with Crippen LogP contribution in [0.3, 0.4) is 0 Å². The molecule has 5 heteroatoms. The van der Waals surface area contributed by atoms with Crippen molar-refractivity contribution in [3.8, 4) is 5.75 Å². The highest BCUT2D eigenvalue weighted by Crippen LogP contribution is 2.17. The quantitative estimate of drug-likeness (QED) is 0.741. The van der Waals surface area contributed by atoms with Crippen LogP contribution in [-0.4, -0.2) is 16.1 Å². The summed E-state index contributed by atoms with van der Waals surface area (Å²) in [6, 6.07) is 5.13. The summed E-state index contributed by atoms with van der Waals surface area (Å²) in [7, 11) is 0. The fraction of sp³-hybridized carbons (Fsp3) is 0.273. The van der Waals surface area contributed by atoms with Gasteiger partial charge in [0, 0.05) is 6.07 Å². The molecule has 2 aromatic rings. The average molecular weight is 220 g/mol. The standard InChI is InChI=1S/C11H12N2O3/c1-6(2)16-7-3-4-8-9(5-7)13-11(15)10(14)12-8/h3-6H,1-2H3,(H,12,14)(H,13,15). The molecule has 16 heavy (non-hydrogen) atoms. The molecule has 1 aromatic carbocycles. The fourth-order valence-electron chi connectivity index (χ4n) is 1.44. The van der Waals surface area contributed by atoms with E-state index < -0.39 is 11.1 Å². The molecule has 2 rings (SSSR count). The van der Waals surface area contributed by atoms with Crippen LogP contribution in [0.1, 0.15) is 13.8 Å². The molecule has 0 saturated carbocycles. The van der Waals surface area contributed by atoms with Gasteiger partial charge in [-0.1, -0.05) is 0 Å². The lowest BCUT2D eigenvalue weighted by Gasteiger charge is -2.09. The highest BCUT2D eigenvalue weighted by Gasteiger charge is 2.02. The Balaban J connectivity index is 2.58. The van der Waals surface area contributed by atoms with Gasteiger partial charge in [-0.3, -0.25) is 9.59 Å². The largest absolute Gasteiger partial charge is 0.491 e. The third-order valence-corrected chi connectivity index (χ3v) is 2.07. The van der Waals surface area contributed by atoms with E-state index in [2.05, 4.69) is 9.97 Å². The summed E-state index contributed by atoms with van der Waals surface area (Å²) in [5.74, 6) is 0.658. The Labute approximate surface area is 91.1 Å². The van der Waals surface area contributed by atoms with Crippen molar-refractivity contribution in [2.45, 2.75) is 20.0 Å². The molecule has 0 atom stereocenters. The van der Waals surface area contributed by atoms with E-state index in [-0.39, 0.29) is 6.10 Å². The van der Waals surface area contributed by atoms with Gasteiger partial charge >= 0.3 is 11.1 Å². The predicted molar refractivity (Wildman–Crippen MR) is 61.0 cm³/mol. The number of benzene rings is 1. The second-order valence-corrected chi connectivity index (χ2v) is 3.78. The minimum absolute atomic E-state index is 0.0620. The molecule has 84 valence electrons. The van der Waals surface area contributed by atoms with Gasteiger partial charge in [0.2, 0.25) is 0 Å². The topological polar surface area (TPSA) is 75.0 Å². The molecule has 0 aliphatic heterocycles. The Hall–Kier alpha value is -2.04. The summed E-state index contributed by atoms with van der Waals surface area (Å²) in [4.78, 5) is 27.2. The summed E-state index contributed by atoms with van der Waals surface area (Å²) in [5, 5.41) is 0. The Morgan fingerprint density at radius 1 is 1.06 bits per heavy atom. The maximum absolute atomic E-state index is 11.1. The summed E-state index contributed by atoms with van der Waals surface area (Å²) < 4.78 is 5.48. The van der Waals surface area contributed by atoms with E-state index in [4.69, 9.17) is 4.74 Å². The first kappa shape index (κ1) is 10.5. The smallest absolute Gasteiger partial charge is 0.314 e. The highest BCUT2D eigenvalue weighted by atomic mass is 16.5. The van der Waals surface area contributed by atoms with Gasteiger partial charge < -0.3 is 14.7 Å². The highest BCUT2D eigenvalue weighted by molar-refractivity contribution is 5.75. The molecule has 0 amide bonds. The van der Waals surface area contributed by atoms with Gasteiger partial charge in [0.1, 0.15) is 5.75 Å². The molecule has 5 nitrogen and oxygen atoms in total. The molecule has 2 N–H and O–H groups in total. The molecule has 0 aliphatic rings. The Morgan fingerprint density at radius 2 is 1.69 bits per heavy atom. The molecule has 1 heterocycles. The van der Waals surface area contributed by atoms with Crippen molar-refractivity contribution in [1.82, 2.24) is 9.97 Å². The van der Waals surface area contributed by atoms with Gasteiger partial charge in [0.15, 0.2) is 0 Å². The molecule has 0 fully saturated rings. The lowest BCUT2D eigenvalue weighted by molar-refractivity contribution is 0.242. The molecule has 0 spiro atoms. The number of fused-ring (bicyclic) bond motifs is 1. The zero-order valence-electron chi connectivity index (χ0n) is 9.03. The van der Waals surface area contributed by atoms with Crippen LogP contribution in [0.4, 0.5) is 0 Å². The number of hydrogen-bond donors (Lipinski definition) is 2. The van der Waals surface area contributed by atoms with Crippen LogP contribution >= 0.6 is 0 Å². The summed E-state index contributed by atoms with van der Waals surface area (Å²) in [6.45, 7) is 3.83. The number of hydrogen-bond acceptors (Lipinski definition) is 3. The van der Waals surface area contributed by atoms with Gasteiger partial charge in [-0.25, -0.2) is 0 Å². The Morgan fingerprint density at radius 3 is 2.31 bits per heavy atom. The number of aromatic amines is 2. The summed E-state index contributed by atoms with van der Waals surface area (Å²) in [5.41, 5.74) is -0.164. The number of aromatic nitrogens is 2. The maximum atomic E-state index is 11.1. The van der Waals surface area contributed by atoms with Gasteiger partial charge in [0.05, 0.1) is 17.1 Å². The summed E-state index contributed by atoms with van der Waals surface area (Å²) in [6.07, 6.45) is 0.0620. The number of nitrogens with one attached hydrogen (secondary N) is 2. The van der Waals surface area contributed by atoms with Crippen molar-refractivity contribution in [3.05, 3.63) is 38.9 Å². The van der Waals surface area contributed by atoms with E-state index in [0.29, 0.717) is 16.8 Å². The minimum Gasteiger partial charge on any atom is -0.491 e. The normalized spacial score (nSPS) is 10.9. The molecular weight excluding hydrogens is 208 g/mol. The average Bonchev–Trinajstić information content (AvgIpc) is 2.19. The molecular formula is C11H12N2O3. The Kier molecular flexibility index (Phi) is 2.52. The third-order valence-electron chi connectivity index (χ3n) is 2.07. The van der Waals surface area contributed by atoms with Gasteiger partial charge in [-0.15, -0.1) is 0 Å². The second kappa shape index (κ2) is 3.84. The third kappa shape index (κ3) is 1.98. The zero-order valence-corrected chi connectivity index (χ0v) is 9.03. The summed E-state index contributed by atoms with van der Waals surface area (Å²) >= 11 is 0. The van der Waals surface area contributed by atoms with Gasteiger partial charge in [0.25, 0.3) is 0 Å². The first-order chi connectivity index (χ1) is 7.56. The van der Waals surface area contributed by atoms with E-state index >= 15 is 0 Å². The predicted octanol–water partition coefficient (Wildman–Crippen LogP) is 1.00. The lowest BCUT2D eigenvalue weighted by atomic mass is 10.3. The van der Waals surface area contributed by atoms with Crippen LogP contribution in [0, 0.1) is 0 Å². The number of ether oxygens (including phenoxy) is 1. The number of rotatable bonds is 2. The first-order valence-corrected chi connectivity index (χ1v) is 4.99. The fourth-order valence-corrected chi connectivity index (χ4v) is 1.44. The van der Waals surface area contributed by atoms with E-state index in [0.717, 1.165) is 0 Å². The van der Waals surface area contributed by atoms with Gasteiger partial charge in [-0.05, 0) is 26.0 Å². The molecule has 1 aromatic heterocycles. The maximum Gasteiger partial charge on any atom is 0.314 e. The first-order valence-electron chi connectivity index (χ1n) is 4.99. The minimum atomic E-state index is -0.658. The van der Waals surface area contributed by atoms with Crippen molar-refractivity contribution >= 4 is 11.0 Å². The van der Waals surface area contributed by atoms with Crippen LogP contribution in [0.15, 0.2) is 27.8 Å². The van der Waals surface area contributed by atoms with Crippen molar-refractivity contribution < 1.29 is 4.74 Å².